The second-order valence-corrected chi connectivity index (χ2v) is 4.87. The smallest absolute Gasteiger partial charge is 0.267 e. The van der Waals surface area contributed by atoms with Crippen LogP contribution in [0.25, 0.3) is 0 Å². The zero-order valence-corrected chi connectivity index (χ0v) is 10.4. The summed E-state index contributed by atoms with van der Waals surface area (Å²) < 4.78 is 2.12. The Bertz CT molecular complexity index is 574. The summed E-state index contributed by atoms with van der Waals surface area (Å²) >= 11 is 5.77. The first-order valence-electron chi connectivity index (χ1n) is 5.87. The van der Waals surface area contributed by atoms with Crippen molar-refractivity contribution in [3.05, 3.63) is 41.2 Å². The number of H-pyrrole nitrogens is 1. The normalized spacial score (nSPS) is 18.4. The van der Waals surface area contributed by atoms with E-state index in [1.807, 2.05) is 6.20 Å². The molecule has 1 amide bonds. The van der Waals surface area contributed by atoms with Crippen molar-refractivity contribution in [2.24, 2.45) is 0 Å². The molecule has 0 saturated carbocycles. The number of aromatic nitrogens is 3. The highest BCUT2D eigenvalue weighted by atomic mass is 35.5. The zero-order valence-electron chi connectivity index (χ0n) is 9.69. The van der Waals surface area contributed by atoms with Gasteiger partial charge in [-0.2, -0.15) is 0 Å². The van der Waals surface area contributed by atoms with Crippen molar-refractivity contribution in [3.63, 3.8) is 0 Å². The van der Waals surface area contributed by atoms with Crippen LogP contribution >= 0.6 is 11.6 Å². The molecule has 1 atom stereocenters. The van der Waals surface area contributed by atoms with Gasteiger partial charge in [0.2, 0.25) is 0 Å². The molecule has 2 aromatic rings. The average Bonchev–Trinajstić information content (AvgIpc) is 2.96. The molecule has 3 rings (SSSR count). The van der Waals surface area contributed by atoms with Crippen LogP contribution in [0.15, 0.2) is 24.7 Å². The van der Waals surface area contributed by atoms with Crippen LogP contribution < -0.4 is 5.32 Å². The topological polar surface area (TPSA) is 62.7 Å². The standard InChI is InChI=1S/C12H13ClN4O/c13-8-5-10(15-7-8)12(18)16-9-1-3-17-4-2-14-11(17)6-9/h2,4-5,7,9,15H,1,3,6H2,(H,16,18). The molecule has 0 aliphatic carbocycles. The third kappa shape index (κ3) is 2.13. The van der Waals surface area contributed by atoms with Crippen LogP contribution in [0.2, 0.25) is 5.02 Å². The fourth-order valence-corrected chi connectivity index (χ4v) is 2.40. The minimum Gasteiger partial charge on any atom is -0.356 e. The van der Waals surface area contributed by atoms with Gasteiger partial charge in [-0.25, -0.2) is 4.98 Å². The molecule has 0 saturated heterocycles. The number of rotatable bonds is 2. The highest BCUT2D eigenvalue weighted by Gasteiger charge is 2.21. The second kappa shape index (κ2) is 4.49. The van der Waals surface area contributed by atoms with Gasteiger partial charge >= 0.3 is 0 Å². The van der Waals surface area contributed by atoms with Crippen LogP contribution in [-0.4, -0.2) is 26.5 Å². The van der Waals surface area contributed by atoms with E-state index in [1.54, 1.807) is 18.5 Å². The fraction of sp³-hybridized carbons (Fsp3) is 0.333. The molecule has 2 N–H and O–H groups in total. The van der Waals surface area contributed by atoms with Gasteiger partial charge in [0.05, 0.1) is 5.02 Å². The number of hydrogen-bond donors (Lipinski definition) is 2. The predicted molar refractivity (Wildman–Crippen MR) is 67.6 cm³/mol. The second-order valence-electron chi connectivity index (χ2n) is 4.43. The van der Waals surface area contributed by atoms with Gasteiger partial charge < -0.3 is 14.9 Å². The Morgan fingerprint density at radius 1 is 1.61 bits per heavy atom. The average molecular weight is 265 g/mol. The molecule has 3 heterocycles. The molecule has 0 aromatic carbocycles. The molecule has 94 valence electrons. The van der Waals surface area contributed by atoms with Gasteiger partial charge in [-0.15, -0.1) is 0 Å². The minimum atomic E-state index is -0.119. The molecule has 0 fully saturated rings. The Labute approximate surface area is 109 Å². The lowest BCUT2D eigenvalue weighted by Gasteiger charge is -2.24. The van der Waals surface area contributed by atoms with Crippen LogP contribution in [0.1, 0.15) is 22.7 Å². The van der Waals surface area contributed by atoms with Crippen molar-refractivity contribution in [1.82, 2.24) is 19.9 Å². The lowest BCUT2D eigenvalue weighted by Crippen LogP contribution is -2.40. The summed E-state index contributed by atoms with van der Waals surface area (Å²) in [7, 11) is 0. The highest BCUT2D eigenvalue weighted by molar-refractivity contribution is 6.30. The number of nitrogens with one attached hydrogen (secondary N) is 2. The van der Waals surface area contributed by atoms with Crippen molar-refractivity contribution in [3.8, 4) is 0 Å². The summed E-state index contributed by atoms with van der Waals surface area (Å²) in [5.74, 6) is 0.906. The molecule has 18 heavy (non-hydrogen) atoms. The Kier molecular flexibility index (Phi) is 2.83. The van der Waals surface area contributed by atoms with Crippen LogP contribution in [0, 0.1) is 0 Å². The summed E-state index contributed by atoms with van der Waals surface area (Å²) in [5.41, 5.74) is 0.494. The highest BCUT2D eigenvalue weighted by Crippen LogP contribution is 2.14. The van der Waals surface area contributed by atoms with Crippen LogP contribution in [-0.2, 0) is 13.0 Å². The molecule has 1 unspecified atom stereocenters. The van der Waals surface area contributed by atoms with Gasteiger partial charge in [0.1, 0.15) is 11.5 Å². The number of nitrogens with zero attached hydrogens (tertiary/aromatic N) is 2. The molecular formula is C12H13ClN4O. The van der Waals surface area contributed by atoms with Crippen molar-refractivity contribution < 1.29 is 4.79 Å². The molecule has 0 spiro atoms. The van der Waals surface area contributed by atoms with E-state index in [0.717, 1.165) is 25.2 Å². The number of hydrogen-bond acceptors (Lipinski definition) is 2. The molecule has 2 aromatic heterocycles. The first-order valence-corrected chi connectivity index (χ1v) is 6.25. The Morgan fingerprint density at radius 2 is 2.50 bits per heavy atom. The number of halogens is 1. The Balaban J connectivity index is 1.66. The number of fused-ring (bicyclic) bond motifs is 1. The van der Waals surface area contributed by atoms with E-state index >= 15 is 0 Å². The van der Waals surface area contributed by atoms with E-state index in [2.05, 4.69) is 19.9 Å². The van der Waals surface area contributed by atoms with Crippen molar-refractivity contribution in [1.29, 1.82) is 0 Å². The quantitative estimate of drug-likeness (QED) is 0.866. The predicted octanol–water partition coefficient (Wildman–Crippen LogP) is 1.61. The Morgan fingerprint density at radius 3 is 3.28 bits per heavy atom. The van der Waals surface area contributed by atoms with E-state index in [1.165, 1.54) is 0 Å². The molecule has 1 aliphatic heterocycles. The summed E-state index contributed by atoms with van der Waals surface area (Å²) in [6, 6.07) is 1.76. The third-order valence-electron chi connectivity index (χ3n) is 3.18. The largest absolute Gasteiger partial charge is 0.356 e. The van der Waals surface area contributed by atoms with Crippen LogP contribution in [0.5, 0.6) is 0 Å². The first kappa shape index (κ1) is 11.3. The monoisotopic (exact) mass is 264 g/mol. The maximum absolute atomic E-state index is 11.9. The van der Waals surface area contributed by atoms with Crippen LogP contribution in [0.3, 0.4) is 0 Å². The molecule has 6 heteroatoms. The van der Waals surface area contributed by atoms with Gasteiger partial charge in [0, 0.05) is 37.6 Å². The van der Waals surface area contributed by atoms with E-state index < -0.39 is 0 Å². The van der Waals surface area contributed by atoms with Crippen molar-refractivity contribution in [2.45, 2.75) is 25.4 Å². The van der Waals surface area contributed by atoms with E-state index in [-0.39, 0.29) is 11.9 Å². The Hall–Kier alpha value is -1.75. The lowest BCUT2D eigenvalue weighted by molar-refractivity contribution is 0.0926. The third-order valence-corrected chi connectivity index (χ3v) is 3.39. The molecule has 5 nitrogen and oxygen atoms in total. The summed E-state index contributed by atoms with van der Waals surface area (Å²) in [6.07, 6.45) is 7.06. The van der Waals surface area contributed by atoms with Gasteiger partial charge in [-0.05, 0) is 12.5 Å². The van der Waals surface area contributed by atoms with Gasteiger partial charge in [0.25, 0.3) is 5.91 Å². The molecular weight excluding hydrogens is 252 g/mol. The van der Waals surface area contributed by atoms with E-state index in [0.29, 0.717) is 10.7 Å². The number of amides is 1. The SMILES string of the molecule is O=C(NC1CCn2ccnc2C1)c1cc(Cl)c[nH]1. The lowest BCUT2D eigenvalue weighted by atomic mass is 10.1. The summed E-state index contributed by atoms with van der Waals surface area (Å²) in [5, 5.41) is 3.54. The minimum absolute atomic E-state index is 0.119. The van der Waals surface area contributed by atoms with Gasteiger partial charge in [-0.1, -0.05) is 11.6 Å². The summed E-state index contributed by atoms with van der Waals surface area (Å²) in [6.45, 7) is 0.895. The van der Waals surface area contributed by atoms with Crippen molar-refractivity contribution in [2.75, 3.05) is 0 Å². The summed E-state index contributed by atoms with van der Waals surface area (Å²) in [4.78, 5) is 19.1. The van der Waals surface area contributed by atoms with Gasteiger partial charge in [-0.3, -0.25) is 4.79 Å². The van der Waals surface area contributed by atoms with E-state index in [4.69, 9.17) is 11.6 Å². The zero-order chi connectivity index (χ0) is 12.5. The van der Waals surface area contributed by atoms with Crippen molar-refractivity contribution >= 4 is 17.5 Å². The van der Waals surface area contributed by atoms with Crippen LogP contribution in [0.4, 0.5) is 0 Å². The number of imidazole rings is 1. The molecule has 0 bridgehead atoms. The van der Waals surface area contributed by atoms with E-state index in [9.17, 15) is 4.79 Å². The number of carbonyl (C=O) groups is 1. The number of aromatic amines is 1. The molecule has 1 aliphatic rings. The number of carbonyl (C=O) groups excluding carboxylic acids is 1. The maximum atomic E-state index is 11.9. The molecule has 0 radical (unpaired) electrons. The first-order chi connectivity index (χ1) is 8.72. The fourth-order valence-electron chi connectivity index (χ4n) is 2.24. The van der Waals surface area contributed by atoms with Gasteiger partial charge in [0.15, 0.2) is 0 Å². The maximum Gasteiger partial charge on any atom is 0.267 e. The number of aryl methyl sites for hydroxylation is 1.